The molecule has 1 aliphatic heterocycles. The molecule has 1 saturated heterocycles. The lowest BCUT2D eigenvalue weighted by Gasteiger charge is -2.33. The van der Waals surface area contributed by atoms with Crippen LogP contribution in [-0.4, -0.2) is 82.3 Å². The van der Waals surface area contributed by atoms with Gasteiger partial charge in [-0.25, -0.2) is 13.2 Å². The SMILES string of the molecule is COc1ncnc(OC)c1-n1c(CS(=O)(=O)C2CCCN(C(=O)OC(C)(C)C)C2)nnc1-c1ccccc1. The third kappa shape index (κ3) is 5.87. The number of sulfone groups is 1. The van der Waals surface area contributed by atoms with Gasteiger partial charge in [-0.05, 0) is 33.6 Å². The number of ether oxygens (including phenoxy) is 3. The number of nitrogens with zero attached hydrogens (tertiary/aromatic N) is 6. The summed E-state index contributed by atoms with van der Waals surface area (Å²) >= 11 is 0. The summed E-state index contributed by atoms with van der Waals surface area (Å²) in [7, 11) is -0.888. The lowest BCUT2D eigenvalue weighted by molar-refractivity contribution is 0.0219. The van der Waals surface area contributed by atoms with Gasteiger partial charge < -0.3 is 19.1 Å². The number of rotatable bonds is 7. The third-order valence-corrected chi connectivity index (χ3v) is 8.06. The van der Waals surface area contributed by atoms with Gasteiger partial charge in [-0.3, -0.25) is 4.57 Å². The summed E-state index contributed by atoms with van der Waals surface area (Å²) in [6.45, 7) is 5.80. The highest BCUT2D eigenvalue weighted by atomic mass is 32.2. The van der Waals surface area contributed by atoms with Crippen molar-refractivity contribution in [1.29, 1.82) is 0 Å². The average Bonchev–Trinajstić information content (AvgIpc) is 3.29. The summed E-state index contributed by atoms with van der Waals surface area (Å²) in [5.74, 6) is 0.425. The number of amides is 1. The zero-order valence-corrected chi connectivity index (χ0v) is 22.9. The molecule has 0 radical (unpaired) electrons. The van der Waals surface area contributed by atoms with Crippen molar-refractivity contribution in [1.82, 2.24) is 29.6 Å². The maximum absolute atomic E-state index is 13.7. The quantitative estimate of drug-likeness (QED) is 0.436. The molecule has 0 N–H and O–H groups in total. The highest BCUT2D eigenvalue weighted by Gasteiger charge is 2.36. The van der Waals surface area contributed by atoms with Crippen molar-refractivity contribution in [3.05, 3.63) is 42.5 Å². The number of methoxy groups -OCH3 is 2. The van der Waals surface area contributed by atoms with E-state index in [4.69, 9.17) is 14.2 Å². The zero-order chi connectivity index (χ0) is 27.5. The fourth-order valence-corrected chi connectivity index (χ4v) is 5.99. The molecule has 1 fully saturated rings. The predicted molar refractivity (Wildman–Crippen MR) is 139 cm³/mol. The summed E-state index contributed by atoms with van der Waals surface area (Å²) in [6.07, 6.45) is 1.72. The standard InChI is InChI=1S/C25H32N6O6S/c1-25(2,3)37-24(32)30-13-9-12-18(14-30)38(33,34)15-19-28-29-21(17-10-7-6-8-11-17)31(19)20-22(35-4)26-16-27-23(20)36-5/h6-8,10-11,16,18H,9,12-15H2,1-5H3. The van der Waals surface area contributed by atoms with E-state index in [1.54, 1.807) is 25.3 Å². The van der Waals surface area contributed by atoms with Gasteiger partial charge >= 0.3 is 6.09 Å². The number of piperidine rings is 1. The van der Waals surface area contributed by atoms with Crippen LogP contribution in [-0.2, 0) is 20.3 Å². The number of hydrogen-bond donors (Lipinski definition) is 0. The molecule has 4 rings (SSSR count). The van der Waals surface area contributed by atoms with E-state index in [1.165, 1.54) is 25.4 Å². The first-order valence-electron chi connectivity index (χ1n) is 12.2. The molecule has 2 aromatic heterocycles. The monoisotopic (exact) mass is 544 g/mol. The van der Waals surface area contributed by atoms with Gasteiger partial charge in [-0.2, -0.15) is 9.97 Å². The third-order valence-electron chi connectivity index (χ3n) is 6.00. The Labute approximate surface area is 221 Å². The summed E-state index contributed by atoms with van der Waals surface area (Å²) in [5, 5.41) is 7.80. The molecule has 3 heterocycles. The van der Waals surface area contributed by atoms with Gasteiger partial charge in [-0.1, -0.05) is 30.3 Å². The van der Waals surface area contributed by atoms with E-state index < -0.39 is 32.5 Å². The number of hydrogen-bond acceptors (Lipinski definition) is 10. The number of carbonyl (C=O) groups excluding carboxylic acids is 1. The first kappa shape index (κ1) is 27.3. The van der Waals surface area contributed by atoms with Crippen LogP contribution in [0.25, 0.3) is 17.1 Å². The van der Waals surface area contributed by atoms with Gasteiger partial charge in [0.1, 0.15) is 17.7 Å². The molecule has 1 aromatic carbocycles. The van der Waals surface area contributed by atoms with E-state index in [0.29, 0.717) is 30.8 Å². The first-order chi connectivity index (χ1) is 18.0. The molecule has 1 aliphatic rings. The Morgan fingerprint density at radius 1 is 1.05 bits per heavy atom. The largest absolute Gasteiger partial charge is 0.479 e. The normalized spacial score (nSPS) is 16.2. The van der Waals surface area contributed by atoms with E-state index in [2.05, 4.69) is 20.2 Å². The van der Waals surface area contributed by atoms with Crippen LogP contribution in [0.15, 0.2) is 36.7 Å². The fourth-order valence-electron chi connectivity index (χ4n) is 4.28. The maximum atomic E-state index is 13.7. The van der Waals surface area contributed by atoms with Crippen LogP contribution >= 0.6 is 0 Å². The summed E-state index contributed by atoms with van der Waals surface area (Å²) in [6, 6.07) is 9.21. The lowest BCUT2D eigenvalue weighted by Crippen LogP contribution is -2.47. The Balaban J connectivity index is 1.73. The van der Waals surface area contributed by atoms with Crippen LogP contribution in [0, 0.1) is 0 Å². The average molecular weight is 545 g/mol. The van der Waals surface area contributed by atoms with Gasteiger partial charge in [0.25, 0.3) is 0 Å². The van der Waals surface area contributed by atoms with Gasteiger partial charge in [0.15, 0.2) is 27.2 Å². The second-order valence-corrected chi connectivity index (χ2v) is 12.2. The van der Waals surface area contributed by atoms with Crippen molar-refractivity contribution in [3.63, 3.8) is 0 Å². The maximum Gasteiger partial charge on any atom is 0.410 e. The summed E-state index contributed by atoms with van der Waals surface area (Å²) in [5.41, 5.74) is 0.305. The fraction of sp³-hybridized carbons (Fsp3) is 0.480. The molecule has 1 atom stereocenters. The first-order valence-corrected chi connectivity index (χ1v) is 13.9. The minimum absolute atomic E-state index is 0.0397. The van der Waals surface area contributed by atoms with Crippen LogP contribution in [0.4, 0.5) is 4.79 Å². The molecule has 3 aromatic rings. The molecule has 12 nitrogen and oxygen atoms in total. The molecule has 0 bridgehead atoms. The van der Waals surface area contributed by atoms with Gasteiger partial charge in [0.05, 0.1) is 19.5 Å². The van der Waals surface area contributed by atoms with E-state index in [-0.39, 0.29) is 29.8 Å². The van der Waals surface area contributed by atoms with Crippen LogP contribution in [0.2, 0.25) is 0 Å². The molecule has 0 spiro atoms. The van der Waals surface area contributed by atoms with Crippen LogP contribution in [0.1, 0.15) is 39.4 Å². The molecule has 1 unspecified atom stereocenters. The van der Waals surface area contributed by atoms with Crippen molar-refractivity contribution in [3.8, 4) is 28.8 Å². The van der Waals surface area contributed by atoms with Gasteiger partial charge in [0.2, 0.25) is 11.8 Å². The van der Waals surface area contributed by atoms with Crippen LogP contribution in [0.3, 0.4) is 0 Å². The Morgan fingerprint density at radius 2 is 1.71 bits per heavy atom. The molecular weight excluding hydrogens is 512 g/mol. The number of carbonyl (C=O) groups is 1. The minimum Gasteiger partial charge on any atom is -0.479 e. The Bertz CT molecular complexity index is 1360. The topological polar surface area (TPSA) is 139 Å². The van der Waals surface area contributed by atoms with Gasteiger partial charge in [-0.15, -0.1) is 10.2 Å². The Hall–Kier alpha value is -3.74. The van der Waals surface area contributed by atoms with E-state index in [1.807, 2.05) is 30.3 Å². The summed E-state index contributed by atoms with van der Waals surface area (Å²) < 4.78 is 45.3. The van der Waals surface area contributed by atoms with Crippen LogP contribution < -0.4 is 9.47 Å². The van der Waals surface area contributed by atoms with Gasteiger partial charge in [0, 0.05) is 18.7 Å². The number of benzene rings is 1. The number of aromatic nitrogens is 5. The van der Waals surface area contributed by atoms with Crippen molar-refractivity contribution in [2.24, 2.45) is 0 Å². The molecule has 0 saturated carbocycles. The van der Waals surface area contributed by atoms with E-state index >= 15 is 0 Å². The molecular formula is C25H32N6O6S. The molecule has 1 amide bonds. The highest BCUT2D eigenvalue weighted by molar-refractivity contribution is 7.91. The Kier molecular flexibility index (Phi) is 7.86. The number of likely N-dealkylation sites (tertiary alicyclic amines) is 1. The molecule has 13 heteroatoms. The second-order valence-electron chi connectivity index (χ2n) is 9.88. The minimum atomic E-state index is -3.78. The van der Waals surface area contributed by atoms with Crippen molar-refractivity contribution >= 4 is 15.9 Å². The molecule has 204 valence electrons. The zero-order valence-electron chi connectivity index (χ0n) is 22.1. The molecule has 0 aliphatic carbocycles. The highest BCUT2D eigenvalue weighted by Crippen LogP contribution is 2.34. The van der Waals surface area contributed by atoms with Crippen molar-refractivity contribution in [2.45, 2.75) is 50.2 Å². The Morgan fingerprint density at radius 3 is 2.32 bits per heavy atom. The molecule has 38 heavy (non-hydrogen) atoms. The predicted octanol–water partition coefficient (Wildman–Crippen LogP) is 3.06. The van der Waals surface area contributed by atoms with Crippen molar-refractivity contribution < 1.29 is 27.4 Å². The lowest BCUT2D eigenvalue weighted by atomic mass is 10.1. The second kappa shape index (κ2) is 10.9. The summed E-state index contributed by atoms with van der Waals surface area (Å²) in [4.78, 5) is 22.4. The van der Waals surface area contributed by atoms with Crippen molar-refractivity contribution in [2.75, 3.05) is 27.3 Å². The smallest absolute Gasteiger partial charge is 0.410 e. The van der Waals surface area contributed by atoms with E-state index in [0.717, 1.165) is 0 Å². The van der Waals surface area contributed by atoms with E-state index in [9.17, 15) is 13.2 Å². The van der Waals surface area contributed by atoms with Crippen LogP contribution in [0.5, 0.6) is 11.8 Å².